The van der Waals surface area contributed by atoms with Crippen LogP contribution in [-0.2, 0) is 11.9 Å². The number of aromatic nitrogens is 1. The van der Waals surface area contributed by atoms with Crippen LogP contribution in [0.2, 0.25) is 0 Å². The third-order valence-electron chi connectivity index (χ3n) is 4.24. The second kappa shape index (κ2) is 5.23. The van der Waals surface area contributed by atoms with Gasteiger partial charge in [-0.05, 0) is 36.8 Å². The Morgan fingerprint density at radius 1 is 1.41 bits per heavy atom. The van der Waals surface area contributed by atoms with Crippen LogP contribution in [0.4, 0.5) is 4.39 Å². The fourth-order valence-electron chi connectivity index (χ4n) is 2.95. The molecule has 1 aliphatic heterocycles. The third-order valence-corrected chi connectivity index (χ3v) is 4.69. The number of amides is 1. The van der Waals surface area contributed by atoms with Gasteiger partial charge in [0.15, 0.2) is 0 Å². The summed E-state index contributed by atoms with van der Waals surface area (Å²) in [5.74, 6) is -0.408. The van der Waals surface area contributed by atoms with Gasteiger partial charge >= 0.3 is 0 Å². The predicted molar refractivity (Wildman–Crippen MR) is 91.7 cm³/mol. The van der Waals surface area contributed by atoms with Crippen molar-refractivity contribution < 1.29 is 9.18 Å². The van der Waals surface area contributed by atoms with Gasteiger partial charge in [0.25, 0.3) is 5.91 Å². The van der Waals surface area contributed by atoms with Crippen molar-refractivity contribution in [3.63, 3.8) is 0 Å². The standard InChI is InChI=1S/C15H14B2BrFN2O/c1-8-5-9(18)6-12(19)11(8)7-21-14(22)10-3-2-4-20-13(10)15(21,16)17/h2-6H,7,16-17H2,1H3. The second-order valence-electron chi connectivity index (χ2n) is 6.03. The van der Waals surface area contributed by atoms with Crippen molar-refractivity contribution in [2.45, 2.75) is 18.8 Å². The fourth-order valence-corrected chi connectivity index (χ4v) is 3.50. The molecule has 3 rings (SSSR count). The quantitative estimate of drug-likeness (QED) is 0.759. The van der Waals surface area contributed by atoms with Crippen LogP contribution in [0.15, 0.2) is 34.9 Å². The molecule has 0 N–H and O–H groups in total. The molecule has 0 saturated heterocycles. The van der Waals surface area contributed by atoms with E-state index < -0.39 is 5.34 Å². The summed E-state index contributed by atoms with van der Waals surface area (Å²) in [5, 5.41) is -0.556. The number of fused-ring (bicyclic) bond motifs is 1. The lowest BCUT2D eigenvalue weighted by Gasteiger charge is -2.32. The molecule has 2 aromatic rings. The van der Waals surface area contributed by atoms with Gasteiger partial charge in [0, 0.05) is 28.1 Å². The topological polar surface area (TPSA) is 33.2 Å². The van der Waals surface area contributed by atoms with Gasteiger partial charge in [0.05, 0.1) is 11.3 Å². The van der Waals surface area contributed by atoms with Crippen molar-refractivity contribution in [3.05, 3.63) is 63.1 Å². The highest BCUT2D eigenvalue weighted by atomic mass is 79.9. The Morgan fingerprint density at radius 3 is 2.77 bits per heavy atom. The Kier molecular flexibility index (Phi) is 3.63. The summed E-state index contributed by atoms with van der Waals surface area (Å²) >= 11 is 3.29. The summed E-state index contributed by atoms with van der Waals surface area (Å²) in [6.07, 6.45) is 1.68. The Morgan fingerprint density at radius 2 is 2.14 bits per heavy atom. The van der Waals surface area contributed by atoms with Crippen molar-refractivity contribution in [1.29, 1.82) is 0 Å². The Bertz CT molecular complexity index is 759. The average Bonchev–Trinajstić information content (AvgIpc) is 2.63. The van der Waals surface area contributed by atoms with Crippen molar-refractivity contribution >= 4 is 37.5 Å². The van der Waals surface area contributed by atoms with E-state index in [1.807, 2.05) is 28.7 Å². The second-order valence-corrected chi connectivity index (χ2v) is 6.95. The van der Waals surface area contributed by atoms with Crippen molar-refractivity contribution in [3.8, 4) is 0 Å². The zero-order valence-corrected chi connectivity index (χ0v) is 14.2. The van der Waals surface area contributed by atoms with E-state index in [0.29, 0.717) is 15.6 Å². The van der Waals surface area contributed by atoms with Crippen molar-refractivity contribution in [2.75, 3.05) is 0 Å². The summed E-state index contributed by atoms with van der Waals surface area (Å²) < 4.78 is 15.0. The summed E-state index contributed by atoms with van der Waals surface area (Å²) in [6, 6.07) is 6.82. The van der Waals surface area contributed by atoms with Gasteiger partial charge in [-0.2, -0.15) is 0 Å². The summed E-state index contributed by atoms with van der Waals surface area (Å²) in [4.78, 5) is 18.7. The smallest absolute Gasteiger partial charge is 0.255 e. The first-order chi connectivity index (χ1) is 10.3. The van der Waals surface area contributed by atoms with Gasteiger partial charge < -0.3 is 4.90 Å². The van der Waals surface area contributed by atoms with E-state index in [9.17, 15) is 9.18 Å². The third kappa shape index (κ3) is 2.28. The molecule has 110 valence electrons. The predicted octanol–water partition coefficient (Wildman–Crippen LogP) is 1.32. The SMILES string of the molecule is BC1(B)c2ncccc2C(=O)N1Cc1c(C)cc(Br)cc1F. The van der Waals surface area contributed by atoms with E-state index >= 15 is 0 Å². The van der Waals surface area contributed by atoms with E-state index in [4.69, 9.17) is 0 Å². The molecule has 0 saturated carbocycles. The molecule has 0 aliphatic carbocycles. The highest BCUT2D eigenvalue weighted by Crippen LogP contribution is 2.35. The van der Waals surface area contributed by atoms with Gasteiger partial charge in [-0.3, -0.25) is 9.78 Å². The highest BCUT2D eigenvalue weighted by Gasteiger charge is 2.43. The normalized spacial score (nSPS) is 16.0. The van der Waals surface area contributed by atoms with Crippen LogP contribution >= 0.6 is 15.9 Å². The molecule has 0 spiro atoms. The summed E-state index contributed by atoms with van der Waals surface area (Å²) in [7, 11) is 3.88. The van der Waals surface area contributed by atoms with E-state index in [1.54, 1.807) is 23.2 Å². The Labute approximate surface area is 138 Å². The first kappa shape index (κ1) is 15.3. The van der Waals surface area contributed by atoms with Crippen LogP contribution in [0.5, 0.6) is 0 Å². The monoisotopic (exact) mass is 358 g/mol. The van der Waals surface area contributed by atoms with Gasteiger partial charge in [0.2, 0.25) is 0 Å². The van der Waals surface area contributed by atoms with Crippen LogP contribution in [0, 0.1) is 12.7 Å². The van der Waals surface area contributed by atoms with Crippen LogP contribution in [0.3, 0.4) is 0 Å². The van der Waals surface area contributed by atoms with Gasteiger partial charge in [-0.1, -0.05) is 15.9 Å². The van der Waals surface area contributed by atoms with E-state index in [-0.39, 0.29) is 18.3 Å². The number of carbonyl (C=O) groups excluding carboxylic acids is 1. The van der Waals surface area contributed by atoms with Crippen molar-refractivity contribution in [1.82, 2.24) is 9.88 Å². The van der Waals surface area contributed by atoms with Gasteiger partial charge in [-0.15, -0.1) is 0 Å². The zero-order valence-electron chi connectivity index (χ0n) is 12.7. The van der Waals surface area contributed by atoms with Crippen LogP contribution in [-0.4, -0.2) is 31.5 Å². The fraction of sp³-hybridized carbons (Fsp3) is 0.200. The number of hydrogen-bond donors (Lipinski definition) is 0. The molecule has 0 radical (unpaired) electrons. The lowest BCUT2D eigenvalue weighted by molar-refractivity contribution is 0.0729. The van der Waals surface area contributed by atoms with Gasteiger partial charge in [-0.25, -0.2) is 4.39 Å². The molecule has 0 unspecified atom stereocenters. The molecule has 3 nitrogen and oxygen atoms in total. The molecule has 2 heterocycles. The van der Waals surface area contributed by atoms with Crippen LogP contribution < -0.4 is 0 Å². The molecule has 0 atom stereocenters. The number of benzene rings is 1. The molecule has 1 aromatic carbocycles. The minimum absolute atomic E-state index is 0.102. The molecule has 1 amide bonds. The average molecular weight is 359 g/mol. The number of nitrogens with zero attached hydrogens (tertiary/aromatic N) is 2. The van der Waals surface area contributed by atoms with Gasteiger partial charge in [0.1, 0.15) is 21.5 Å². The minimum atomic E-state index is -0.556. The molecule has 0 fully saturated rings. The Balaban J connectivity index is 2.03. The summed E-state index contributed by atoms with van der Waals surface area (Å²) in [6.45, 7) is 2.08. The number of rotatable bonds is 2. The summed E-state index contributed by atoms with van der Waals surface area (Å²) in [5.41, 5.74) is 2.70. The molecule has 7 heteroatoms. The minimum Gasteiger partial charge on any atom is -0.339 e. The van der Waals surface area contributed by atoms with Crippen LogP contribution in [0.1, 0.15) is 27.2 Å². The number of halogens is 2. The molecule has 1 aromatic heterocycles. The molecular formula is C15H14B2BrFN2O. The maximum absolute atomic E-state index is 14.3. The molecular weight excluding hydrogens is 345 g/mol. The van der Waals surface area contributed by atoms with E-state index in [0.717, 1.165) is 11.3 Å². The van der Waals surface area contributed by atoms with Crippen LogP contribution in [0.25, 0.3) is 0 Å². The maximum Gasteiger partial charge on any atom is 0.255 e. The number of carbonyl (C=O) groups is 1. The first-order valence-corrected chi connectivity index (χ1v) is 7.83. The van der Waals surface area contributed by atoms with E-state index in [1.165, 1.54) is 6.07 Å². The lowest BCUT2D eigenvalue weighted by atomic mass is 9.59. The Hall–Kier alpha value is -1.62. The van der Waals surface area contributed by atoms with Crippen molar-refractivity contribution in [2.24, 2.45) is 0 Å². The number of pyridine rings is 1. The number of hydrogen-bond acceptors (Lipinski definition) is 2. The maximum atomic E-state index is 14.3. The molecule has 0 bridgehead atoms. The zero-order chi connectivity index (χ0) is 16.1. The number of aryl methyl sites for hydroxylation is 1. The highest BCUT2D eigenvalue weighted by molar-refractivity contribution is 9.10. The van der Waals surface area contributed by atoms with E-state index in [2.05, 4.69) is 20.9 Å². The molecule has 22 heavy (non-hydrogen) atoms. The first-order valence-electron chi connectivity index (χ1n) is 7.04. The largest absolute Gasteiger partial charge is 0.339 e. The lowest BCUT2D eigenvalue weighted by Crippen LogP contribution is -2.45. The molecule has 1 aliphatic rings.